The lowest BCUT2D eigenvalue weighted by Crippen LogP contribution is -2.26. The molecule has 0 bridgehead atoms. The monoisotopic (exact) mass is 216 g/mol. The van der Waals surface area contributed by atoms with Gasteiger partial charge in [0.25, 0.3) is 0 Å². The second kappa shape index (κ2) is 3.94. The smallest absolute Gasteiger partial charge is 0.306 e. The maximum atomic E-state index is 13.2. The third kappa shape index (κ3) is 2.50. The molecule has 82 valence electrons. The van der Waals surface area contributed by atoms with Crippen molar-refractivity contribution in [2.24, 2.45) is 0 Å². The fourth-order valence-electron chi connectivity index (χ4n) is 1.31. The Kier molecular flexibility index (Phi) is 3.04. The quantitative estimate of drug-likeness (QED) is 0.807. The Balaban J connectivity index is 3.14. The number of carbonyl (C=O) groups is 1. The molecule has 3 nitrogen and oxygen atoms in total. The van der Waals surface area contributed by atoms with Gasteiger partial charge in [0.2, 0.25) is 0 Å². The number of aliphatic carboxylic acids is 1. The first kappa shape index (κ1) is 11.6. The van der Waals surface area contributed by atoms with Crippen molar-refractivity contribution in [3.05, 3.63) is 35.4 Å². The molecule has 15 heavy (non-hydrogen) atoms. The number of halogens is 2. The standard InChI is InChI=1S/C10H10F2O3/c1-10(15,5-8(13)14)6-3-2-4-7(11)9(6)12/h2-4,15H,5H2,1H3,(H,13,14). The van der Waals surface area contributed by atoms with Crippen LogP contribution in [0.4, 0.5) is 8.78 Å². The van der Waals surface area contributed by atoms with Crippen LogP contribution in [0.1, 0.15) is 18.9 Å². The highest BCUT2D eigenvalue weighted by Crippen LogP contribution is 2.27. The topological polar surface area (TPSA) is 57.5 Å². The molecule has 1 atom stereocenters. The molecule has 1 aromatic rings. The van der Waals surface area contributed by atoms with Crippen molar-refractivity contribution in [3.8, 4) is 0 Å². The zero-order chi connectivity index (χ0) is 11.6. The molecule has 1 rings (SSSR count). The molecule has 2 N–H and O–H groups in total. The molecular weight excluding hydrogens is 206 g/mol. The fourth-order valence-corrected chi connectivity index (χ4v) is 1.31. The molecule has 0 aromatic heterocycles. The Hall–Kier alpha value is -1.49. The zero-order valence-electron chi connectivity index (χ0n) is 8.00. The summed E-state index contributed by atoms with van der Waals surface area (Å²) in [5, 5.41) is 18.2. The lowest BCUT2D eigenvalue weighted by molar-refractivity contribution is -0.142. The molecule has 0 heterocycles. The number of hydrogen-bond donors (Lipinski definition) is 2. The van der Waals surface area contributed by atoms with Crippen LogP contribution < -0.4 is 0 Å². The predicted molar refractivity (Wildman–Crippen MR) is 48.2 cm³/mol. The molecule has 0 spiro atoms. The van der Waals surface area contributed by atoms with Gasteiger partial charge in [-0.15, -0.1) is 0 Å². The summed E-state index contributed by atoms with van der Waals surface area (Å²) in [7, 11) is 0. The summed E-state index contributed by atoms with van der Waals surface area (Å²) in [6.45, 7) is 1.12. The van der Waals surface area contributed by atoms with Gasteiger partial charge in [0, 0.05) is 5.56 Å². The molecule has 0 aliphatic heterocycles. The van der Waals surface area contributed by atoms with E-state index in [1.807, 2.05) is 0 Å². The first-order valence-electron chi connectivity index (χ1n) is 4.23. The van der Waals surface area contributed by atoms with Crippen molar-refractivity contribution in [2.75, 3.05) is 0 Å². The molecule has 0 aliphatic rings. The van der Waals surface area contributed by atoms with Crippen LogP contribution in [0.5, 0.6) is 0 Å². The average Bonchev–Trinajstić information content (AvgIpc) is 2.07. The molecule has 0 radical (unpaired) electrons. The first-order valence-corrected chi connectivity index (χ1v) is 4.23. The van der Waals surface area contributed by atoms with Gasteiger partial charge in [-0.05, 0) is 13.0 Å². The highest BCUT2D eigenvalue weighted by Gasteiger charge is 2.30. The summed E-state index contributed by atoms with van der Waals surface area (Å²) < 4.78 is 26.0. The molecule has 1 aromatic carbocycles. The highest BCUT2D eigenvalue weighted by atomic mass is 19.2. The predicted octanol–water partition coefficient (Wildman–Crippen LogP) is 1.65. The second-order valence-electron chi connectivity index (χ2n) is 3.45. The fraction of sp³-hybridized carbons (Fsp3) is 0.300. The lowest BCUT2D eigenvalue weighted by atomic mass is 9.92. The third-order valence-electron chi connectivity index (χ3n) is 2.03. The van der Waals surface area contributed by atoms with Crippen LogP contribution >= 0.6 is 0 Å². The minimum atomic E-state index is -1.92. The van der Waals surface area contributed by atoms with Gasteiger partial charge in [-0.25, -0.2) is 8.78 Å². The van der Waals surface area contributed by atoms with Crippen molar-refractivity contribution in [1.29, 1.82) is 0 Å². The highest BCUT2D eigenvalue weighted by molar-refractivity contribution is 5.68. The first-order chi connectivity index (χ1) is 6.84. The molecule has 5 heteroatoms. The number of hydrogen-bond acceptors (Lipinski definition) is 2. The molecule has 1 unspecified atom stereocenters. The van der Waals surface area contributed by atoms with Crippen LogP contribution in [-0.2, 0) is 10.4 Å². The Morgan fingerprint density at radius 2 is 2.07 bits per heavy atom. The summed E-state index contributed by atoms with van der Waals surface area (Å²) in [6, 6.07) is 3.26. The normalized spacial score (nSPS) is 14.7. The van der Waals surface area contributed by atoms with E-state index < -0.39 is 29.6 Å². The maximum absolute atomic E-state index is 13.2. The van der Waals surface area contributed by atoms with Crippen molar-refractivity contribution in [1.82, 2.24) is 0 Å². The van der Waals surface area contributed by atoms with Gasteiger partial charge in [-0.3, -0.25) is 4.79 Å². The summed E-state index contributed by atoms with van der Waals surface area (Å²) in [5.41, 5.74) is -2.28. The molecule has 0 aliphatic carbocycles. The largest absolute Gasteiger partial charge is 0.481 e. The van der Waals surface area contributed by atoms with Crippen LogP contribution in [0.25, 0.3) is 0 Å². The maximum Gasteiger partial charge on any atom is 0.306 e. The van der Waals surface area contributed by atoms with E-state index in [2.05, 4.69) is 0 Å². The van der Waals surface area contributed by atoms with Gasteiger partial charge in [-0.2, -0.15) is 0 Å². The lowest BCUT2D eigenvalue weighted by Gasteiger charge is -2.22. The third-order valence-corrected chi connectivity index (χ3v) is 2.03. The molecule has 0 fully saturated rings. The SMILES string of the molecule is CC(O)(CC(=O)O)c1cccc(F)c1F. The zero-order valence-corrected chi connectivity index (χ0v) is 8.00. The number of benzene rings is 1. The molecular formula is C10H10F2O3. The Morgan fingerprint density at radius 1 is 1.47 bits per heavy atom. The minimum absolute atomic E-state index is 0.357. The van der Waals surface area contributed by atoms with Crippen LogP contribution in [0, 0.1) is 11.6 Å². The van der Waals surface area contributed by atoms with Crippen LogP contribution in [-0.4, -0.2) is 16.2 Å². The van der Waals surface area contributed by atoms with Gasteiger partial charge in [0.15, 0.2) is 11.6 Å². The van der Waals surface area contributed by atoms with Gasteiger partial charge in [-0.1, -0.05) is 12.1 Å². The molecule has 0 saturated heterocycles. The van der Waals surface area contributed by atoms with E-state index >= 15 is 0 Å². The summed E-state index contributed by atoms with van der Waals surface area (Å²) in [4.78, 5) is 10.4. The van der Waals surface area contributed by atoms with Crippen LogP contribution in [0.15, 0.2) is 18.2 Å². The van der Waals surface area contributed by atoms with Gasteiger partial charge < -0.3 is 10.2 Å². The Labute approximate surface area is 85.0 Å². The number of rotatable bonds is 3. The second-order valence-corrected chi connectivity index (χ2v) is 3.45. The number of carboxylic acids is 1. The summed E-state index contributed by atoms with van der Waals surface area (Å²) in [6.07, 6.45) is -0.687. The Morgan fingerprint density at radius 3 is 2.60 bits per heavy atom. The molecule has 0 amide bonds. The van der Waals surface area contributed by atoms with E-state index in [0.29, 0.717) is 0 Å². The summed E-state index contributed by atoms with van der Waals surface area (Å²) in [5.74, 6) is -3.62. The van der Waals surface area contributed by atoms with Crippen LogP contribution in [0.3, 0.4) is 0 Å². The van der Waals surface area contributed by atoms with E-state index in [0.717, 1.165) is 19.1 Å². The van der Waals surface area contributed by atoms with Gasteiger partial charge >= 0.3 is 5.97 Å². The Bertz CT molecular complexity index is 388. The van der Waals surface area contributed by atoms with E-state index in [1.54, 1.807) is 0 Å². The van der Waals surface area contributed by atoms with Crippen molar-refractivity contribution < 1.29 is 23.8 Å². The minimum Gasteiger partial charge on any atom is -0.481 e. The van der Waals surface area contributed by atoms with Gasteiger partial charge in [0.05, 0.1) is 6.42 Å². The van der Waals surface area contributed by atoms with E-state index in [9.17, 15) is 18.7 Å². The average molecular weight is 216 g/mol. The van der Waals surface area contributed by atoms with Crippen molar-refractivity contribution in [2.45, 2.75) is 18.9 Å². The van der Waals surface area contributed by atoms with E-state index in [4.69, 9.17) is 5.11 Å². The molecule has 0 saturated carbocycles. The van der Waals surface area contributed by atoms with E-state index in [-0.39, 0.29) is 5.56 Å². The van der Waals surface area contributed by atoms with Crippen molar-refractivity contribution >= 4 is 5.97 Å². The van der Waals surface area contributed by atoms with Crippen molar-refractivity contribution in [3.63, 3.8) is 0 Å². The number of aliphatic hydroxyl groups is 1. The van der Waals surface area contributed by atoms with Crippen LogP contribution in [0.2, 0.25) is 0 Å². The van der Waals surface area contributed by atoms with Gasteiger partial charge in [0.1, 0.15) is 5.60 Å². The van der Waals surface area contributed by atoms with E-state index in [1.165, 1.54) is 6.07 Å². The number of carboxylic acid groups (broad SMARTS) is 1. The summed E-state index contributed by atoms with van der Waals surface area (Å²) >= 11 is 0.